The smallest absolute Gasteiger partial charge is 0.247 e. The monoisotopic (exact) mass is 420 g/mol. The van der Waals surface area contributed by atoms with Gasteiger partial charge in [0.05, 0.1) is 0 Å². The molecule has 0 spiro atoms. The number of fused-ring (bicyclic) bond motifs is 1. The van der Waals surface area contributed by atoms with E-state index in [2.05, 4.69) is 63.3 Å². The van der Waals surface area contributed by atoms with Gasteiger partial charge in [0.1, 0.15) is 6.04 Å². The normalized spacial score (nSPS) is 16.4. The summed E-state index contributed by atoms with van der Waals surface area (Å²) < 4.78 is 0. The van der Waals surface area contributed by atoms with Crippen LogP contribution in [0.4, 0.5) is 5.69 Å². The molecule has 0 unspecified atom stereocenters. The molecule has 2 amide bonds. The first-order chi connectivity index (χ1) is 14.5. The van der Waals surface area contributed by atoms with Crippen molar-refractivity contribution in [1.82, 2.24) is 4.90 Å². The lowest BCUT2D eigenvalue weighted by atomic mass is 9.88. The van der Waals surface area contributed by atoms with Crippen molar-refractivity contribution < 1.29 is 9.59 Å². The van der Waals surface area contributed by atoms with E-state index >= 15 is 0 Å². The summed E-state index contributed by atoms with van der Waals surface area (Å²) in [5, 5.41) is 3.25. The van der Waals surface area contributed by atoms with Crippen molar-refractivity contribution in [3.05, 3.63) is 64.7 Å². The average molecular weight is 421 g/mol. The van der Waals surface area contributed by atoms with E-state index < -0.39 is 11.5 Å². The van der Waals surface area contributed by atoms with Crippen LogP contribution in [0.1, 0.15) is 82.6 Å². The Labute approximate surface area is 187 Å². The molecule has 0 aromatic heterocycles. The molecule has 1 aliphatic rings. The van der Waals surface area contributed by atoms with Crippen LogP contribution in [-0.4, -0.2) is 22.8 Å². The first-order valence-corrected chi connectivity index (χ1v) is 11.3. The third kappa shape index (κ3) is 4.84. The van der Waals surface area contributed by atoms with Crippen LogP contribution >= 0.6 is 0 Å². The summed E-state index contributed by atoms with van der Waals surface area (Å²) in [6.45, 7) is 14.8. The molecule has 0 saturated heterocycles. The van der Waals surface area contributed by atoms with Crippen LogP contribution in [0.25, 0.3) is 0 Å². The van der Waals surface area contributed by atoms with E-state index in [1.807, 2.05) is 32.9 Å². The topological polar surface area (TPSA) is 49.4 Å². The second kappa shape index (κ2) is 8.86. The zero-order valence-corrected chi connectivity index (χ0v) is 20.0. The highest BCUT2D eigenvalue weighted by Crippen LogP contribution is 2.34. The number of amides is 2. The highest BCUT2D eigenvalue weighted by atomic mass is 16.2. The summed E-state index contributed by atoms with van der Waals surface area (Å²) in [4.78, 5) is 28.7. The molecule has 0 saturated carbocycles. The summed E-state index contributed by atoms with van der Waals surface area (Å²) in [6, 6.07) is 13.8. The minimum absolute atomic E-state index is 0.00313. The van der Waals surface area contributed by atoms with Gasteiger partial charge in [-0.25, -0.2) is 0 Å². The number of nitrogens with zero attached hydrogens (tertiary/aromatic N) is 1. The Kier molecular flexibility index (Phi) is 6.59. The number of rotatable bonds is 4. The first-order valence-electron chi connectivity index (χ1n) is 11.3. The lowest BCUT2D eigenvalue weighted by Gasteiger charge is -2.39. The van der Waals surface area contributed by atoms with Crippen LogP contribution < -0.4 is 5.32 Å². The maximum Gasteiger partial charge on any atom is 0.247 e. The fourth-order valence-corrected chi connectivity index (χ4v) is 4.30. The quantitative estimate of drug-likeness (QED) is 0.672. The number of para-hydroxylation sites is 1. The Hall–Kier alpha value is -2.62. The van der Waals surface area contributed by atoms with Gasteiger partial charge in [0, 0.05) is 24.1 Å². The predicted molar refractivity (Wildman–Crippen MR) is 127 cm³/mol. The molecular weight excluding hydrogens is 384 g/mol. The Balaban J connectivity index is 2.00. The van der Waals surface area contributed by atoms with Crippen molar-refractivity contribution in [3.8, 4) is 0 Å². The maximum atomic E-state index is 13.7. The Morgan fingerprint density at radius 3 is 1.97 bits per heavy atom. The van der Waals surface area contributed by atoms with Gasteiger partial charge in [-0.15, -0.1) is 0 Å². The van der Waals surface area contributed by atoms with Gasteiger partial charge in [-0.2, -0.15) is 0 Å². The average Bonchev–Trinajstić information content (AvgIpc) is 2.71. The maximum absolute atomic E-state index is 13.7. The van der Waals surface area contributed by atoms with Crippen LogP contribution in [0.3, 0.4) is 0 Å². The number of carbonyl (C=O) groups is 2. The van der Waals surface area contributed by atoms with Gasteiger partial charge in [-0.3, -0.25) is 9.59 Å². The Morgan fingerprint density at radius 1 is 0.903 bits per heavy atom. The molecule has 1 atom stereocenters. The minimum atomic E-state index is -0.552. The van der Waals surface area contributed by atoms with Crippen molar-refractivity contribution in [1.29, 1.82) is 0 Å². The third-order valence-corrected chi connectivity index (χ3v) is 6.07. The van der Waals surface area contributed by atoms with Gasteiger partial charge < -0.3 is 10.2 Å². The van der Waals surface area contributed by atoms with Gasteiger partial charge in [-0.05, 0) is 34.1 Å². The van der Waals surface area contributed by atoms with Crippen molar-refractivity contribution in [2.45, 2.75) is 79.3 Å². The molecule has 166 valence electrons. The molecule has 1 aliphatic heterocycles. The predicted octanol–water partition coefficient (Wildman–Crippen LogP) is 5.87. The summed E-state index contributed by atoms with van der Waals surface area (Å²) in [5.41, 5.74) is 4.87. The summed E-state index contributed by atoms with van der Waals surface area (Å²) >= 11 is 0. The van der Waals surface area contributed by atoms with Crippen molar-refractivity contribution >= 4 is 17.5 Å². The van der Waals surface area contributed by atoms with E-state index in [-0.39, 0.29) is 23.7 Å². The largest absolute Gasteiger partial charge is 0.326 e. The van der Waals surface area contributed by atoms with Gasteiger partial charge in [0.15, 0.2) is 0 Å². The van der Waals surface area contributed by atoms with Crippen molar-refractivity contribution in [2.75, 3.05) is 5.32 Å². The number of nitrogens with one attached hydrogen (secondary N) is 1. The second-order valence-electron chi connectivity index (χ2n) is 10.3. The molecule has 4 heteroatoms. The lowest BCUT2D eigenvalue weighted by molar-refractivity contribution is -0.146. The van der Waals surface area contributed by atoms with E-state index in [9.17, 15) is 9.59 Å². The molecule has 2 aromatic carbocycles. The molecule has 2 aromatic rings. The summed E-state index contributed by atoms with van der Waals surface area (Å²) in [5.74, 6) is 0.465. The molecule has 3 rings (SSSR count). The van der Waals surface area contributed by atoms with Gasteiger partial charge in [0.2, 0.25) is 11.8 Å². The van der Waals surface area contributed by atoms with Crippen molar-refractivity contribution in [2.24, 2.45) is 5.41 Å². The molecule has 1 heterocycles. The molecule has 0 aliphatic carbocycles. The van der Waals surface area contributed by atoms with E-state index in [4.69, 9.17) is 0 Å². The number of carbonyl (C=O) groups excluding carboxylic acids is 2. The van der Waals surface area contributed by atoms with E-state index in [1.54, 1.807) is 4.90 Å². The number of hydrogen-bond donors (Lipinski definition) is 1. The highest BCUT2D eigenvalue weighted by molar-refractivity contribution is 5.99. The van der Waals surface area contributed by atoms with Gasteiger partial charge >= 0.3 is 0 Å². The van der Waals surface area contributed by atoms with Crippen LogP contribution in [0, 0.1) is 5.41 Å². The van der Waals surface area contributed by atoms with E-state index in [0.717, 1.165) is 27.9 Å². The molecule has 1 N–H and O–H groups in total. The minimum Gasteiger partial charge on any atom is -0.326 e. The van der Waals surface area contributed by atoms with Gasteiger partial charge in [-0.1, -0.05) is 90.9 Å². The second-order valence-corrected chi connectivity index (χ2v) is 10.3. The number of anilines is 1. The number of benzene rings is 2. The van der Waals surface area contributed by atoms with Crippen LogP contribution in [0.15, 0.2) is 42.5 Å². The van der Waals surface area contributed by atoms with E-state index in [0.29, 0.717) is 13.0 Å². The van der Waals surface area contributed by atoms with Crippen molar-refractivity contribution in [3.63, 3.8) is 0 Å². The molecule has 31 heavy (non-hydrogen) atoms. The van der Waals surface area contributed by atoms with Gasteiger partial charge in [0.25, 0.3) is 0 Å². The molecule has 0 bridgehead atoms. The first kappa shape index (κ1) is 23.1. The highest BCUT2D eigenvalue weighted by Gasteiger charge is 2.39. The van der Waals surface area contributed by atoms with E-state index in [1.165, 1.54) is 0 Å². The molecule has 0 radical (unpaired) electrons. The zero-order valence-electron chi connectivity index (χ0n) is 20.0. The van der Waals surface area contributed by atoms with Crippen LogP contribution in [-0.2, 0) is 22.6 Å². The fourth-order valence-electron chi connectivity index (χ4n) is 4.30. The Morgan fingerprint density at radius 2 is 1.45 bits per heavy atom. The number of hydrogen-bond acceptors (Lipinski definition) is 2. The van der Waals surface area contributed by atoms with Crippen LogP contribution in [0.2, 0.25) is 0 Å². The summed E-state index contributed by atoms with van der Waals surface area (Å²) in [6.07, 6.45) is 0.532. The Bertz CT molecular complexity index is 943. The SMILES string of the molecule is CC(C)c1cccc(C(C)C)c1NC(=O)[C@@H]1Cc2ccccc2CN1C(=O)C(C)(C)C. The lowest BCUT2D eigenvalue weighted by Crippen LogP contribution is -2.53. The fraction of sp³-hybridized carbons (Fsp3) is 0.481. The molecule has 4 nitrogen and oxygen atoms in total. The zero-order chi connectivity index (χ0) is 22.9. The summed E-state index contributed by atoms with van der Waals surface area (Å²) in [7, 11) is 0. The molecule has 0 fully saturated rings. The standard InChI is InChI=1S/C27H36N2O2/c1-17(2)21-13-10-14-22(18(3)4)24(21)28-25(30)23-15-19-11-8-9-12-20(19)16-29(23)26(31)27(5,6)7/h8-14,17-18,23H,15-16H2,1-7H3,(H,28,30)/t23-/m0/s1. The van der Waals surface area contributed by atoms with Crippen LogP contribution in [0.5, 0.6) is 0 Å². The third-order valence-electron chi connectivity index (χ3n) is 6.07. The molecular formula is C27H36N2O2.